The van der Waals surface area contributed by atoms with Crippen LogP contribution >= 0.6 is 0 Å². The molecule has 20 heavy (non-hydrogen) atoms. The average molecular weight is 265 g/mol. The zero-order valence-corrected chi connectivity index (χ0v) is 11.2. The SMILES string of the molecule is Cn1cc(N)c(Oc2ccc(-c3ccccc3)cc2)n1. The number of benzene rings is 2. The van der Waals surface area contributed by atoms with Crippen LogP contribution in [-0.4, -0.2) is 9.78 Å². The predicted octanol–water partition coefficient (Wildman–Crippen LogP) is 3.46. The van der Waals surface area contributed by atoms with Crippen molar-refractivity contribution in [3.63, 3.8) is 0 Å². The van der Waals surface area contributed by atoms with E-state index in [1.54, 1.807) is 10.9 Å². The molecule has 1 heterocycles. The molecule has 0 aliphatic rings. The van der Waals surface area contributed by atoms with Crippen LogP contribution in [0.5, 0.6) is 11.6 Å². The van der Waals surface area contributed by atoms with Crippen LogP contribution in [0, 0.1) is 0 Å². The minimum atomic E-state index is 0.431. The van der Waals surface area contributed by atoms with Crippen LogP contribution < -0.4 is 10.5 Å². The Kier molecular flexibility index (Phi) is 3.13. The third kappa shape index (κ3) is 2.49. The Morgan fingerprint density at radius 3 is 2.20 bits per heavy atom. The summed E-state index contributed by atoms with van der Waals surface area (Å²) in [6, 6.07) is 18.1. The summed E-state index contributed by atoms with van der Waals surface area (Å²) in [5.41, 5.74) is 8.65. The molecule has 0 fully saturated rings. The highest BCUT2D eigenvalue weighted by Gasteiger charge is 2.06. The van der Waals surface area contributed by atoms with Crippen molar-refractivity contribution in [1.82, 2.24) is 9.78 Å². The summed E-state index contributed by atoms with van der Waals surface area (Å²) >= 11 is 0. The Morgan fingerprint density at radius 1 is 0.950 bits per heavy atom. The maximum atomic E-state index is 5.80. The summed E-state index contributed by atoms with van der Waals surface area (Å²) in [4.78, 5) is 0. The number of hydrogen-bond donors (Lipinski definition) is 1. The van der Waals surface area contributed by atoms with E-state index in [0.29, 0.717) is 11.6 Å². The van der Waals surface area contributed by atoms with Gasteiger partial charge >= 0.3 is 0 Å². The third-order valence-electron chi connectivity index (χ3n) is 3.00. The van der Waals surface area contributed by atoms with Crippen LogP contribution in [-0.2, 0) is 7.05 Å². The standard InChI is InChI=1S/C16H15N3O/c1-19-11-15(17)16(18-19)20-14-9-7-13(8-10-14)12-5-3-2-4-6-12/h2-11H,17H2,1H3. The fourth-order valence-electron chi connectivity index (χ4n) is 2.02. The van der Waals surface area contributed by atoms with Gasteiger partial charge in [-0.3, -0.25) is 4.68 Å². The summed E-state index contributed by atoms with van der Waals surface area (Å²) in [6.07, 6.45) is 1.72. The minimum Gasteiger partial charge on any atom is -0.436 e. The second-order valence-electron chi connectivity index (χ2n) is 4.56. The van der Waals surface area contributed by atoms with Gasteiger partial charge in [0.15, 0.2) is 0 Å². The van der Waals surface area contributed by atoms with Crippen molar-refractivity contribution < 1.29 is 4.74 Å². The van der Waals surface area contributed by atoms with Crippen molar-refractivity contribution in [2.24, 2.45) is 7.05 Å². The van der Waals surface area contributed by atoms with E-state index in [1.807, 2.05) is 49.5 Å². The molecule has 0 unspecified atom stereocenters. The molecule has 1 aromatic heterocycles. The van der Waals surface area contributed by atoms with E-state index in [-0.39, 0.29) is 0 Å². The van der Waals surface area contributed by atoms with E-state index in [0.717, 1.165) is 11.3 Å². The fourth-order valence-corrected chi connectivity index (χ4v) is 2.02. The second-order valence-corrected chi connectivity index (χ2v) is 4.56. The van der Waals surface area contributed by atoms with Gasteiger partial charge in [0.1, 0.15) is 11.4 Å². The lowest BCUT2D eigenvalue weighted by Gasteiger charge is -2.05. The van der Waals surface area contributed by atoms with E-state index >= 15 is 0 Å². The highest BCUT2D eigenvalue weighted by molar-refractivity contribution is 5.64. The number of aromatic nitrogens is 2. The monoisotopic (exact) mass is 265 g/mol. The molecule has 0 saturated carbocycles. The van der Waals surface area contributed by atoms with Gasteiger partial charge in [-0.1, -0.05) is 42.5 Å². The Bertz CT molecular complexity index is 702. The number of hydrogen-bond acceptors (Lipinski definition) is 3. The second kappa shape index (κ2) is 5.09. The zero-order chi connectivity index (χ0) is 13.9. The Hall–Kier alpha value is -2.75. The van der Waals surface area contributed by atoms with Crippen molar-refractivity contribution in [3.05, 3.63) is 60.8 Å². The molecule has 3 rings (SSSR count). The average Bonchev–Trinajstić information content (AvgIpc) is 2.79. The van der Waals surface area contributed by atoms with Crippen LogP contribution in [0.1, 0.15) is 0 Å². The van der Waals surface area contributed by atoms with Crippen molar-refractivity contribution in [2.75, 3.05) is 5.73 Å². The molecule has 0 saturated heterocycles. The molecule has 0 aliphatic carbocycles. The van der Waals surface area contributed by atoms with Crippen LogP contribution in [0.25, 0.3) is 11.1 Å². The molecule has 4 heteroatoms. The first kappa shape index (κ1) is 12.3. The maximum absolute atomic E-state index is 5.80. The predicted molar refractivity (Wildman–Crippen MR) is 79.6 cm³/mol. The van der Waals surface area contributed by atoms with Gasteiger partial charge in [-0.25, -0.2) is 0 Å². The number of ether oxygens (including phenoxy) is 1. The molecule has 4 nitrogen and oxygen atoms in total. The lowest BCUT2D eigenvalue weighted by molar-refractivity contribution is 0.456. The molecular formula is C16H15N3O. The Balaban J connectivity index is 1.82. The molecule has 0 atom stereocenters. The molecule has 0 bridgehead atoms. The summed E-state index contributed by atoms with van der Waals surface area (Å²) < 4.78 is 7.29. The van der Waals surface area contributed by atoms with Gasteiger partial charge in [0.05, 0.1) is 6.20 Å². The van der Waals surface area contributed by atoms with Gasteiger partial charge in [-0.2, -0.15) is 0 Å². The largest absolute Gasteiger partial charge is 0.436 e. The van der Waals surface area contributed by atoms with Crippen molar-refractivity contribution >= 4 is 5.69 Å². The Labute approximate surface area is 117 Å². The summed E-state index contributed by atoms with van der Waals surface area (Å²) in [5, 5.41) is 4.16. The number of nitrogens with zero attached hydrogens (tertiary/aromatic N) is 2. The first-order chi connectivity index (χ1) is 9.72. The summed E-state index contributed by atoms with van der Waals surface area (Å²) in [5.74, 6) is 1.15. The molecule has 3 aromatic rings. The first-order valence-corrected chi connectivity index (χ1v) is 6.35. The molecule has 0 amide bonds. The lowest BCUT2D eigenvalue weighted by atomic mass is 10.1. The number of nitrogen functional groups attached to an aromatic ring is 1. The molecule has 0 aliphatic heterocycles. The van der Waals surface area contributed by atoms with Gasteiger partial charge in [-0.05, 0) is 23.3 Å². The van der Waals surface area contributed by atoms with Gasteiger partial charge < -0.3 is 10.5 Å². The van der Waals surface area contributed by atoms with E-state index in [9.17, 15) is 0 Å². The van der Waals surface area contributed by atoms with Crippen molar-refractivity contribution in [2.45, 2.75) is 0 Å². The van der Waals surface area contributed by atoms with Crippen LogP contribution in [0.3, 0.4) is 0 Å². The van der Waals surface area contributed by atoms with E-state index in [1.165, 1.54) is 5.56 Å². The number of aryl methyl sites for hydroxylation is 1. The normalized spacial score (nSPS) is 10.4. The molecular weight excluding hydrogens is 250 g/mol. The van der Waals surface area contributed by atoms with Crippen molar-refractivity contribution in [1.29, 1.82) is 0 Å². The van der Waals surface area contributed by atoms with Gasteiger partial charge in [0, 0.05) is 7.05 Å². The van der Waals surface area contributed by atoms with Gasteiger partial charge in [0.2, 0.25) is 0 Å². The van der Waals surface area contributed by atoms with E-state index in [2.05, 4.69) is 17.2 Å². The number of rotatable bonds is 3. The van der Waals surface area contributed by atoms with Crippen LogP contribution in [0.15, 0.2) is 60.8 Å². The molecule has 2 aromatic carbocycles. The smallest absolute Gasteiger partial charge is 0.261 e. The van der Waals surface area contributed by atoms with E-state index in [4.69, 9.17) is 10.5 Å². The van der Waals surface area contributed by atoms with Crippen LogP contribution in [0.4, 0.5) is 5.69 Å². The molecule has 2 N–H and O–H groups in total. The van der Waals surface area contributed by atoms with E-state index < -0.39 is 0 Å². The lowest BCUT2D eigenvalue weighted by Crippen LogP contribution is -1.91. The molecule has 0 radical (unpaired) electrons. The van der Waals surface area contributed by atoms with Crippen LogP contribution in [0.2, 0.25) is 0 Å². The van der Waals surface area contributed by atoms with Gasteiger partial charge in [0.25, 0.3) is 5.88 Å². The highest BCUT2D eigenvalue weighted by atomic mass is 16.5. The Morgan fingerprint density at radius 2 is 1.60 bits per heavy atom. The minimum absolute atomic E-state index is 0.431. The third-order valence-corrected chi connectivity index (χ3v) is 3.00. The topological polar surface area (TPSA) is 53.1 Å². The van der Waals surface area contributed by atoms with Crippen molar-refractivity contribution in [3.8, 4) is 22.8 Å². The maximum Gasteiger partial charge on any atom is 0.261 e. The summed E-state index contributed by atoms with van der Waals surface area (Å²) in [6.45, 7) is 0. The quantitative estimate of drug-likeness (QED) is 0.789. The van der Waals surface area contributed by atoms with Gasteiger partial charge in [-0.15, -0.1) is 5.10 Å². The summed E-state index contributed by atoms with van der Waals surface area (Å²) in [7, 11) is 1.81. The number of anilines is 1. The molecule has 100 valence electrons. The first-order valence-electron chi connectivity index (χ1n) is 6.35. The fraction of sp³-hybridized carbons (Fsp3) is 0.0625. The molecule has 0 spiro atoms. The zero-order valence-electron chi connectivity index (χ0n) is 11.2. The highest BCUT2D eigenvalue weighted by Crippen LogP contribution is 2.27. The number of nitrogens with two attached hydrogens (primary N) is 1.